The summed E-state index contributed by atoms with van der Waals surface area (Å²) in [5, 5.41) is 0.406. The summed E-state index contributed by atoms with van der Waals surface area (Å²) in [5.41, 5.74) is 2.62. The maximum atomic E-state index is 12.3. The second-order valence-electron chi connectivity index (χ2n) is 5.71. The highest BCUT2D eigenvalue weighted by Gasteiger charge is 2.35. The summed E-state index contributed by atoms with van der Waals surface area (Å²) in [4.78, 5) is 30.1. The maximum absolute atomic E-state index is 12.3. The van der Waals surface area contributed by atoms with Crippen LogP contribution in [0.25, 0.3) is 20.8 Å². The van der Waals surface area contributed by atoms with Crippen molar-refractivity contribution in [3.05, 3.63) is 48.5 Å². The minimum Gasteiger partial charge on any atom is -0.311 e. The van der Waals surface area contributed by atoms with E-state index in [1.54, 1.807) is 16.2 Å². The summed E-state index contributed by atoms with van der Waals surface area (Å²) in [6, 6.07) is 15.6. The molecule has 2 aromatic carbocycles. The number of anilines is 1. The van der Waals surface area contributed by atoms with E-state index < -0.39 is 11.2 Å². The first-order chi connectivity index (χ1) is 11.6. The molecule has 1 atom stereocenters. The molecule has 4 nitrogen and oxygen atoms in total. The number of halogens is 1. The molecule has 2 heterocycles. The van der Waals surface area contributed by atoms with Gasteiger partial charge in [0.15, 0.2) is 0 Å². The van der Waals surface area contributed by atoms with Gasteiger partial charge < -0.3 is 4.90 Å². The summed E-state index contributed by atoms with van der Waals surface area (Å²) >= 11 is 7.17. The first-order valence-electron chi connectivity index (χ1n) is 7.58. The third kappa shape index (κ3) is 2.60. The number of aromatic nitrogens is 1. The van der Waals surface area contributed by atoms with Gasteiger partial charge in [-0.2, -0.15) is 0 Å². The largest absolute Gasteiger partial charge is 0.311 e. The number of nitrogens with zero attached hydrogens (tertiary/aromatic N) is 2. The molecule has 4 rings (SSSR count). The monoisotopic (exact) mass is 356 g/mol. The molecule has 1 fully saturated rings. The molecule has 1 aliphatic rings. The molecular formula is C18H13ClN2O2S. The van der Waals surface area contributed by atoms with Gasteiger partial charge in [0.25, 0.3) is 0 Å². The third-order valence-electron chi connectivity index (χ3n) is 4.17. The van der Waals surface area contributed by atoms with Crippen LogP contribution in [-0.4, -0.2) is 22.7 Å². The summed E-state index contributed by atoms with van der Waals surface area (Å²) in [5.74, 6) is -0.523. The zero-order chi connectivity index (χ0) is 16.7. The Morgan fingerprint density at radius 2 is 1.92 bits per heavy atom. The van der Waals surface area contributed by atoms with E-state index in [1.165, 1.54) is 0 Å². The maximum Gasteiger partial charge on any atom is 0.227 e. The quantitative estimate of drug-likeness (QED) is 0.664. The average molecular weight is 357 g/mol. The highest BCUT2D eigenvalue weighted by Crippen LogP contribution is 2.38. The van der Waals surface area contributed by atoms with Crippen LogP contribution in [0.2, 0.25) is 0 Å². The molecule has 0 N–H and O–H groups in total. The van der Waals surface area contributed by atoms with E-state index in [-0.39, 0.29) is 12.3 Å². The van der Waals surface area contributed by atoms with Gasteiger partial charge in [0.1, 0.15) is 5.01 Å². The standard InChI is InChI=1S/C18H13ClN2O2S/c19-17(23)11-9-16(22)21(10-11)14-7-3-1-5-12(14)18-20-13-6-2-4-8-15(13)24-18/h1-8,11H,9-10H2. The predicted molar refractivity (Wildman–Crippen MR) is 96.4 cm³/mol. The van der Waals surface area contributed by atoms with Crippen LogP contribution in [0.5, 0.6) is 0 Å². The number of benzene rings is 2. The molecule has 0 bridgehead atoms. The van der Waals surface area contributed by atoms with Gasteiger partial charge in [-0.1, -0.05) is 24.3 Å². The molecule has 0 spiro atoms. The summed E-state index contributed by atoms with van der Waals surface area (Å²) in [6.07, 6.45) is 0.163. The molecule has 0 saturated carbocycles. The molecule has 0 radical (unpaired) electrons. The number of carbonyl (C=O) groups excluding carboxylic acids is 2. The molecule has 1 unspecified atom stereocenters. The van der Waals surface area contributed by atoms with E-state index in [4.69, 9.17) is 11.6 Å². The van der Waals surface area contributed by atoms with Crippen molar-refractivity contribution >= 4 is 50.0 Å². The Balaban J connectivity index is 1.78. The van der Waals surface area contributed by atoms with Crippen LogP contribution in [-0.2, 0) is 9.59 Å². The van der Waals surface area contributed by atoms with Crippen LogP contribution < -0.4 is 4.90 Å². The fourth-order valence-corrected chi connectivity index (χ4v) is 4.12. The Morgan fingerprint density at radius 3 is 2.67 bits per heavy atom. The van der Waals surface area contributed by atoms with Gasteiger partial charge in [0.2, 0.25) is 11.1 Å². The van der Waals surface area contributed by atoms with Crippen LogP contribution in [0.3, 0.4) is 0 Å². The smallest absolute Gasteiger partial charge is 0.227 e. The van der Waals surface area contributed by atoms with Crippen molar-refractivity contribution < 1.29 is 9.59 Å². The Bertz CT molecular complexity index is 920. The van der Waals surface area contributed by atoms with Crippen molar-refractivity contribution in [2.24, 2.45) is 5.92 Å². The molecular weight excluding hydrogens is 344 g/mol. The van der Waals surface area contributed by atoms with Gasteiger partial charge in [-0.05, 0) is 35.9 Å². The molecule has 0 aliphatic carbocycles. The average Bonchev–Trinajstić information content (AvgIpc) is 3.18. The van der Waals surface area contributed by atoms with Crippen molar-refractivity contribution in [3.8, 4) is 10.6 Å². The summed E-state index contributed by atoms with van der Waals surface area (Å²) in [7, 11) is 0. The molecule has 120 valence electrons. The normalized spacial score (nSPS) is 17.6. The zero-order valence-electron chi connectivity index (χ0n) is 12.6. The SMILES string of the molecule is O=C(Cl)C1CC(=O)N(c2ccccc2-c2nc3ccccc3s2)C1. The lowest BCUT2D eigenvalue weighted by Gasteiger charge is -2.19. The first-order valence-corrected chi connectivity index (χ1v) is 8.77. The minimum absolute atomic E-state index is 0.0810. The zero-order valence-corrected chi connectivity index (χ0v) is 14.2. The molecule has 24 heavy (non-hydrogen) atoms. The lowest BCUT2D eigenvalue weighted by molar-refractivity contribution is -0.120. The Hall–Kier alpha value is -2.24. The topological polar surface area (TPSA) is 50.3 Å². The van der Waals surface area contributed by atoms with Crippen molar-refractivity contribution in [2.75, 3.05) is 11.4 Å². The summed E-state index contributed by atoms with van der Waals surface area (Å²) in [6.45, 7) is 0.322. The first kappa shape index (κ1) is 15.3. The minimum atomic E-state index is -0.455. The third-order valence-corrected chi connectivity index (χ3v) is 5.54. The van der Waals surface area contributed by atoms with Crippen LogP contribution >= 0.6 is 22.9 Å². The lowest BCUT2D eigenvalue weighted by Crippen LogP contribution is -2.25. The molecule has 6 heteroatoms. The second kappa shape index (κ2) is 6.00. The van der Waals surface area contributed by atoms with E-state index in [9.17, 15) is 9.59 Å². The van der Waals surface area contributed by atoms with Crippen molar-refractivity contribution in [2.45, 2.75) is 6.42 Å². The van der Waals surface area contributed by atoms with E-state index in [2.05, 4.69) is 4.98 Å². The predicted octanol–water partition coefficient (Wildman–Crippen LogP) is 4.08. The molecule has 3 aromatic rings. The van der Waals surface area contributed by atoms with Crippen LogP contribution in [0.1, 0.15) is 6.42 Å². The highest BCUT2D eigenvalue weighted by atomic mass is 35.5. The Labute approximate surface area is 147 Å². The summed E-state index contributed by atoms with van der Waals surface area (Å²) < 4.78 is 1.10. The number of para-hydroxylation sites is 2. The lowest BCUT2D eigenvalue weighted by atomic mass is 10.1. The number of hydrogen-bond donors (Lipinski definition) is 0. The van der Waals surface area contributed by atoms with E-state index in [1.807, 2.05) is 48.5 Å². The van der Waals surface area contributed by atoms with Crippen molar-refractivity contribution in [3.63, 3.8) is 0 Å². The van der Waals surface area contributed by atoms with Gasteiger partial charge in [-0.15, -0.1) is 11.3 Å². The van der Waals surface area contributed by atoms with Gasteiger partial charge in [0.05, 0.1) is 21.8 Å². The molecule has 1 aromatic heterocycles. The van der Waals surface area contributed by atoms with Gasteiger partial charge in [-0.25, -0.2) is 4.98 Å². The van der Waals surface area contributed by atoms with E-state index in [0.717, 1.165) is 26.5 Å². The number of carbonyl (C=O) groups is 2. The van der Waals surface area contributed by atoms with E-state index in [0.29, 0.717) is 6.54 Å². The van der Waals surface area contributed by atoms with Crippen molar-refractivity contribution in [1.82, 2.24) is 4.98 Å². The van der Waals surface area contributed by atoms with Crippen LogP contribution in [0, 0.1) is 5.92 Å². The Morgan fingerprint density at radius 1 is 1.17 bits per heavy atom. The van der Waals surface area contributed by atoms with Crippen LogP contribution in [0.4, 0.5) is 5.69 Å². The van der Waals surface area contributed by atoms with Crippen LogP contribution in [0.15, 0.2) is 48.5 Å². The molecule has 1 aliphatic heterocycles. The number of amides is 1. The molecule has 1 amide bonds. The van der Waals surface area contributed by atoms with Crippen molar-refractivity contribution in [1.29, 1.82) is 0 Å². The fourth-order valence-electron chi connectivity index (χ4n) is 2.97. The number of fused-ring (bicyclic) bond motifs is 1. The number of rotatable bonds is 3. The number of thiazole rings is 1. The van der Waals surface area contributed by atoms with E-state index >= 15 is 0 Å². The van der Waals surface area contributed by atoms with Gasteiger partial charge in [0, 0.05) is 18.5 Å². The fraction of sp³-hybridized carbons (Fsp3) is 0.167. The number of hydrogen-bond acceptors (Lipinski definition) is 4. The molecule has 1 saturated heterocycles. The second-order valence-corrected chi connectivity index (χ2v) is 7.12. The Kier molecular flexibility index (Phi) is 3.82. The van der Waals surface area contributed by atoms with Gasteiger partial charge >= 0.3 is 0 Å². The highest BCUT2D eigenvalue weighted by molar-refractivity contribution is 7.21. The van der Waals surface area contributed by atoms with Gasteiger partial charge in [-0.3, -0.25) is 9.59 Å².